The van der Waals surface area contributed by atoms with Crippen LogP contribution in [-0.2, 0) is 6.42 Å². The van der Waals surface area contributed by atoms with Gasteiger partial charge in [0.05, 0.1) is 18.2 Å². The molecule has 2 aromatic rings. The van der Waals surface area contributed by atoms with Crippen LogP contribution in [0.2, 0.25) is 0 Å². The highest BCUT2D eigenvalue weighted by Gasteiger charge is 2.24. The fourth-order valence-electron chi connectivity index (χ4n) is 2.63. The summed E-state index contributed by atoms with van der Waals surface area (Å²) >= 11 is 2.24. The SMILES string of the molecule is Cc1cn2c3c(cc(I)cc3c1=O)CC2CO. The molecule has 1 aromatic carbocycles. The molecule has 0 bridgehead atoms. The lowest BCUT2D eigenvalue weighted by molar-refractivity contribution is 0.235. The highest BCUT2D eigenvalue weighted by molar-refractivity contribution is 14.1. The van der Waals surface area contributed by atoms with Gasteiger partial charge in [0, 0.05) is 20.7 Å². The fraction of sp³-hybridized carbons (Fsp3) is 0.308. The van der Waals surface area contributed by atoms with Crippen LogP contribution in [0, 0.1) is 10.5 Å². The van der Waals surface area contributed by atoms with E-state index in [4.69, 9.17) is 0 Å². The largest absolute Gasteiger partial charge is 0.394 e. The Morgan fingerprint density at radius 2 is 2.29 bits per heavy atom. The molecule has 88 valence electrons. The van der Waals surface area contributed by atoms with E-state index in [9.17, 15) is 9.90 Å². The van der Waals surface area contributed by atoms with Crippen molar-refractivity contribution < 1.29 is 5.11 Å². The second-order valence-electron chi connectivity index (χ2n) is 4.55. The fourth-order valence-corrected chi connectivity index (χ4v) is 3.31. The molecule has 17 heavy (non-hydrogen) atoms. The molecule has 0 amide bonds. The Morgan fingerprint density at radius 3 is 3.00 bits per heavy atom. The number of aromatic nitrogens is 1. The predicted octanol–water partition coefficient (Wildman–Crippen LogP) is 2.00. The maximum atomic E-state index is 12.1. The number of nitrogens with zero attached hydrogens (tertiary/aromatic N) is 1. The van der Waals surface area contributed by atoms with Crippen LogP contribution in [0.3, 0.4) is 0 Å². The third-order valence-corrected chi connectivity index (χ3v) is 4.03. The van der Waals surface area contributed by atoms with Gasteiger partial charge in [-0.2, -0.15) is 0 Å². The number of halogens is 1. The third kappa shape index (κ3) is 1.54. The monoisotopic (exact) mass is 341 g/mol. The Hall–Kier alpha value is -0.880. The van der Waals surface area contributed by atoms with Gasteiger partial charge in [0.25, 0.3) is 0 Å². The molecule has 2 heterocycles. The van der Waals surface area contributed by atoms with E-state index in [2.05, 4.69) is 33.2 Å². The van der Waals surface area contributed by atoms with E-state index >= 15 is 0 Å². The number of aliphatic hydroxyl groups excluding tert-OH is 1. The Balaban J connectivity index is 2.49. The molecule has 3 nitrogen and oxygen atoms in total. The molecule has 1 N–H and O–H groups in total. The second-order valence-corrected chi connectivity index (χ2v) is 5.80. The summed E-state index contributed by atoms with van der Waals surface area (Å²) in [5.74, 6) is 0. The van der Waals surface area contributed by atoms with E-state index in [1.807, 2.05) is 19.2 Å². The van der Waals surface area contributed by atoms with Crippen molar-refractivity contribution >= 4 is 33.5 Å². The van der Waals surface area contributed by atoms with Gasteiger partial charge in [-0.3, -0.25) is 4.79 Å². The Labute approximate surface area is 112 Å². The molecule has 0 saturated heterocycles. The van der Waals surface area contributed by atoms with Crippen molar-refractivity contribution in [2.75, 3.05) is 6.61 Å². The summed E-state index contributed by atoms with van der Waals surface area (Å²) in [6.07, 6.45) is 2.68. The first-order valence-corrected chi connectivity index (χ1v) is 6.64. The number of aliphatic hydroxyl groups is 1. The second kappa shape index (κ2) is 3.81. The van der Waals surface area contributed by atoms with Crippen molar-refractivity contribution in [1.29, 1.82) is 0 Å². The Bertz CT molecular complexity index is 675. The van der Waals surface area contributed by atoms with Gasteiger partial charge >= 0.3 is 0 Å². The molecule has 1 unspecified atom stereocenters. The summed E-state index contributed by atoms with van der Waals surface area (Å²) in [6, 6.07) is 4.11. The van der Waals surface area contributed by atoms with Crippen LogP contribution in [0.1, 0.15) is 17.2 Å². The lowest BCUT2D eigenvalue weighted by Crippen LogP contribution is -2.15. The topological polar surface area (TPSA) is 42.2 Å². The van der Waals surface area contributed by atoms with Crippen LogP contribution < -0.4 is 5.43 Å². The van der Waals surface area contributed by atoms with E-state index in [1.165, 1.54) is 5.56 Å². The summed E-state index contributed by atoms with van der Waals surface area (Å²) in [4.78, 5) is 12.1. The predicted molar refractivity (Wildman–Crippen MR) is 75.5 cm³/mol. The molecule has 3 rings (SSSR count). The zero-order valence-electron chi connectivity index (χ0n) is 9.40. The average molecular weight is 341 g/mol. The normalized spacial score (nSPS) is 17.9. The van der Waals surface area contributed by atoms with Crippen LogP contribution in [0.15, 0.2) is 23.1 Å². The summed E-state index contributed by atoms with van der Waals surface area (Å²) in [6.45, 7) is 1.94. The van der Waals surface area contributed by atoms with Crippen molar-refractivity contribution in [3.63, 3.8) is 0 Å². The molecule has 1 aromatic heterocycles. The molecule has 1 aliphatic heterocycles. The Kier molecular flexibility index (Phi) is 2.52. The van der Waals surface area contributed by atoms with E-state index in [0.717, 1.165) is 26.5 Å². The van der Waals surface area contributed by atoms with Gasteiger partial charge in [-0.05, 0) is 53.6 Å². The van der Waals surface area contributed by atoms with E-state index in [1.54, 1.807) is 0 Å². The van der Waals surface area contributed by atoms with Crippen LogP contribution in [-0.4, -0.2) is 16.3 Å². The first-order chi connectivity index (χ1) is 8.11. The summed E-state index contributed by atoms with van der Waals surface area (Å²) in [5, 5.41) is 10.2. The first-order valence-electron chi connectivity index (χ1n) is 5.56. The number of benzene rings is 1. The van der Waals surface area contributed by atoms with Crippen LogP contribution in [0.25, 0.3) is 10.9 Å². The standard InChI is InChI=1S/C13H12INO2/c1-7-5-15-10(6-16)3-8-2-9(14)4-11(12(8)15)13(7)17/h2,4-5,10,16H,3,6H2,1H3. The smallest absolute Gasteiger partial charge is 0.192 e. The quantitative estimate of drug-likeness (QED) is 0.807. The van der Waals surface area contributed by atoms with E-state index < -0.39 is 0 Å². The number of aryl methyl sites for hydroxylation is 1. The van der Waals surface area contributed by atoms with Crippen LogP contribution in [0.5, 0.6) is 0 Å². The van der Waals surface area contributed by atoms with Crippen LogP contribution >= 0.6 is 22.6 Å². The molecular weight excluding hydrogens is 329 g/mol. The third-order valence-electron chi connectivity index (χ3n) is 3.41. The molecule has 0 saturated carbocycles. The van der Waals surface area contributed by atoms with Gasteiger partial charge in [0.1, 0.15) is 0 Å². The van der Waals surface area contributed by atoms with Gasteiger partial charge in [-0.25, -0.2) is 0 Å². The minimum absolute atomic E-state index is 0.0741. The van der Waals surface area contributed by atoms with Crippen molar-refractivity contribution in [2.45, 2.75) is 19.4 Å². The molecule has 0 spiro atoms. The number of hydrogen-bond acceptors (Lipinski definition) is 2. The highest BCUT2D eigenvalue weighted by atomic mass is 127. The molecule has 1 atom stereocenters. The number of hydrogen-bond donors (Lipinski definition) is 1. The summed E-state index contributed by atoms with van der Waals surface area (Å²) in [7, 11) is 0. The highest BCUT2D eigenvalue weighted by Crippen LogP contribution is 2.32. The van der Waals surface area contributed by atoms with Gasteiger partial charge in [-0.1, -0.05) is 0 Å². The maximum absolute atomic E-state index is 12.1. The number of rotatable bonds is 1. The van der Waals surface area contributed by atoms with Gasteiger partial charge in [0.2, 0.25) is 0 Å². The van der Waals surface area contributed by atoms with Crippen molar-refractivity contribution in [3.05, 3.63) is 43.2 Å². The molecule has 4 heteroatoms. The summed E-state index contributed by atoms with van der Waals surface area (Å²) < 4.78 is 3.13. The lowest BCUT2D eigenvalue weighted by atomic mass is 10.1. The molecule has 1 aliphatic rings. The van der Waals surface area contributed by atoms with Crippen LogP contribution in [0.4, 0.5) is 0 Å². The molecule has 0 aliphatic carbocycles. The van der Waals surface area contributed by atoms with Gasteiger partial charge < -0.3 is 9.67 Å². The van der Waals surface area contributed by atoms with E-state index in [0.29, 0.717) is 0 Å². The van der Waals surface area contributed by atoms with Crippen molar-refractivity contribution in [3.8, 4) is 0 Å². The molecule has 0 radical (unpaired) electrons. The molecular formula is C13H12INO2. The zero-order chi connectivity index (χ0) is 12.2. The molecule has 0 fully saturated rings. The minimum atomic E-state index is 0.0741. The first kappa shape index (κ1) is 11.2. The van der Waals surface area contributed by atoms with Crippen molar-refractivity contribution in [2.24, 2.45) is 0 Å². The zero-order valence-corrected chi connectivity index (χ0v) is 11.6. The minimum Gasteiger partial charge on any atom is -0.394 e. The van der Waals surface area contributed by atoms with Gasteiger partial charge in [0.15, 0.2) is 5.43 Å². The average Bonchev–Trinajstić information content (AvgIpc) is 2.64. The van der Waals surface area contributed by atoms with Crippen molar-refractivity contribution in [1.82, 2.24) is 4.57 Å². The van der Waals surface area contributed by atoms with Gasteiger partial charge in [-0.15, -0.1) is 0 Å². The Morgan fingerprint density at radius 1 is 1.53 bits per heavy atom. The summed E-state index contributed by atoms with van der Waals surface area (Å²) in [5.41, 5.74) is 3.02. The number of pyridine rings is 1. The lowest BCUT2D eigenvalue weighted by Gasteiger charge is -2.13. The maximum Gasteiger partial charge on any atom is 0.192 e. The van der Waals surface area contributed by atoms with E-state index in [-0.39, 0.29) is 18.1 Å².